The van der Waals surface area contributed by atoms with Crippen LogP contribution in [0, 0.1) is 0 Å². The normalized spacial score (nSPS) is 10.2. The molecule has 0 heterocycles. The van der Waals surface area contributed by atoms with Crippen molar-refractivity contribution >= 4 is 33.4 Å². The Hall–Kier alpha value is -2.18. The highest BCUT2D eigenvalue weighted by Gasteiger charge is 2.09. The van der Waals surface area contributed by atoms with E-state index in [0.717, 1.165) is 4.47 Å². The SMILES string of the molecule is COCCNC(=O)c1cccc(NC(=O)c2cccc(Br)c2)c1. The van der Waals surface area contributed by atoms with E-state index in [1.54, 1.807) is 49.6 Å². The first kappa shape index (κ1) is 17.2. The molecule has 23 heavy (non-hydrogen) atoms. The molecule has 6 heteroatoms. The minimum atomic E-state index is -0.233. The third-order valence-electron chi connectivity index (χ3n) is 3.06. The van der Waals surface area contributed by atoms with Crippen LogP contribution in [0.2, 0.25) is 0 Å². The second kappa shape index (κ2) is 8.45. The number of hydrogen-bond acceptors (Lipinski definition) is 3. The van der Waals surface area contributed by atoms with E-state index >= 15 is 0 Å². The minimum Gasteiger partial charge on any atom is -0.383 e. The maximum absolute atomic E-state index is 12.2. The van der Waals surface area contributed by atoms with Crippen molar-refractivity contribution in [2.45, 2.75) is 0 Å². The average molecular weight is 377 g/mol. The smallest absolute Gasteiger partial charge is 0.255 e. The Labute approximate surface area is 143 Å². The van der Waals surface area contributed by atoms with Crippen molar-refractivity contribution in [3.63, 3.8) is 0 Å². The lowest BCUT2D eigenvalue weighted by Gasteiger charge is -2.08. The van der Waals surface area contributed by atoms with E-state index in [-0.39, 0.29) is 11.8 Å². The van der Waals surface area contributed by atoms with Gasteiger partial charge in [-0.05, 0) is 36.4 Å². The molecule has 0 radical (unpaired) electrons. The molecule has 0 fully saturated rings. The van der Waals surface area contributed by atoms with Crippen molar-refractivity contribution in [3.8, 4) is 0 Å². The first-order valence-corrected chi connectivity index (χ1v) is 7.83. The highest BCUT2D eigenvalue weighted by atomic mass is 79.9. The lowest BCUT2D eigenvalue weighted by Crippen LogP contribution is -2.27. The number of carbonyl (C=O) groups is 2. The zero-order chi connectivity index (χ0) is 16.7. The van der Waals surface area contributed by atoms with Gasteiger partial charge in [0.05, 0.1) is 6.61 Å². The Morgan fingerprint density at radius 1 is 1.04 bits per heavy atom. The highest BCUT2D eigenvalue weighted by molar-refractivity contribution is 9.10. The van der Waals surface area contributed by atoms with E-state index in [4.69, 9.17) is 4.74 Å². The zero-order valence-corrected chi connectivity index (χ0v) is 14.2. The molecule has 0 unspecified atom stereocenters. The molecule has 0 bridgehead atoms. The van der Waals surface area contributed by atoms with Crippen molar-refractivity contribution in [2.24, 2.45) is 0 Å². The van der Waals surface area contributed by atoms with Gasteiger partial charge in [0.15, 0.2) is 0 Å². The fourth-order valence-electron chi connectivity index (χ4n) is 1.94. The van der Waals surface area contributed by atoms with Gasteiger partial charge in [0.2, 0.25) is 0 Å². The van der Waals surface area contributed by atoms with Crippen LogP contribution in [0.15, 0.2) is 53.0 Å². The van der Waals surface area contributed by atoms with Gasteiger partial charge >= 0.3 is 0 Å². The second-order valence-corrected chi connectivity index (χ2v) is 5.71. The van der Waals surface area contributed by atoms with E-state index in [1.807, 2.05) is 6.07 Å². The summed E-state index contributed by atoms with van der Waals surface area (Å²) in [6, 6.07) is 13.9. The van der Waals surface area contributed by atoms with Crippen LogP contribution in [0.3, 0.4) is 0 Å². The first-order valence-electron chi connectivity index (χ1n) is 7.04. The van der Waals surface area contributed by atoms with Gasteiger partial charge in [-0.3, -0.25) is 9.59 Å². The molecule has 0 aromatic heterocycles. The van der Waals surface area contributed by atoms with Crippen LogP contribution in [0.5, 0.6) is 0 Å². The molecule has 0 aliphatic heterocycles. The van der Waals surface area contributed by atoms with E-state index in [1.165, 1.54) is 0 Å². The van der Waals surface area contributed by atoms with E-state index < -0.39 is 0 Å². The maximum Gasteiger partial charge on any atom is 0.255 e. The molecule has 2 aromatic rings. The van der Waals surface area contributed by atoms with Crippen molar-refractivity contribution < 1.29 is 14.3 Å². The zero-order valence-electron chi connectivity index (χ0n) is 12.6. The molecular weight excluding hydrogens is 360 g/mol. The summed E-state index contributed by atoms with van der Waals surface area (Å²) in [4.78, 5) is 24.2. The molecule has 120 valence electrons. The molecule has 2 rings (SSSR count). The number of benzene rings is 2. The van der Waals surface area contributed by atoms with Crippen molar-refractivity contribution in [1.29, 1.82) is 0 Å². The Morgan fingerprint density at radius 3 is 2.43 bits per heavy atom. The number of anilines is 1. The van der Waals surface area contributed by atoms with Gasteiger partial charge in [-0.1, -0.05) is 28.1 Å². The summed E-state index contributed by atoms with van der Waals surface area (Å²) >= 11 is 3.33. The summed E-state index contributed by atoms with van der Waals surface area (Å²) < 4.78 is 5.72. The van der Waals surface area contributed by atoms with Crippen LogP contribution in [0.4, 0.5) is 5.69 Å². The maximum atomic E-state index is 12.2. The summed E-state index contributed by atoms with van der Waals surface area (Å²) in [6.07, 6.45) is 0. The molecule has 0 aliphatic carbocycles. The third kappa shape index (κ3) is 5.19. The van der Waals surface area contributed by atoms with Crippen molar-refractivity contribution in [3.05, 3.63) is 64.1 Å². The average Bonchev–Trinajstić information content (AvgIpc) is 2.55. The minimum absolute atomic E-state index is 0.208. The van der Waals surface area contributed by atoms with E-state index in [2.05, 4.69) is 26.6 Å². The number of hydrogen-bond donors (Lipinski definition) is 2. The third-order valence-corrected chi connectivity index (χ3v) is 3.55. The van der Waals surface area contributed by atoms with Crippen molar-refractivity contribution in [2.75, 3.05) is 25.6 Å². The van der Waals surface area contributed by atoms with E-state index in [0.29, 0.717) is 30.0 Å². The van der Waals surface area contributed by atoms with Crippen LogP contribution < -0.4 is 10.6 Å². The Bertz CT molecular complexity index is 704. The first-order chi connectivity index (χ1) is 11.1. The number of carbonyl (C=O) groups excluding carboxylic acids is 2. The lowest BCUT2D eigenvalue weighted by atomic mass is 10.1. The number of nitrogens with one attached hydrogen (secondary N) is 2. The fourth-order valence-corrected chi connectivity index (χ4v) is 2.34. The topological polar surface area (TPSA) is 67.4 Å². The molecule has 0 atom stereocenters. The van der Waals surface area contributed by atoms with Gasteiger partial charge < -0.3 is 15.4 Å². The van der Waals surface area contributed by atoms with Gasteiger partial charge in [0.1, 0.15) is 0 Å². The van der Waals surface area contributed by atoms with Gasteiger partial charge in [-0.2, -0.15) is 0 Å². The molecular formula is C17H17BrN2O3. The predicted molar refractivity (Wildman–Crippen MR) is 92.7 cm³/mol. The van der Waals surface area contributed by atoms with Gasteiger partial charge in [-0.25, -0.2) is 0 Å². The Morgan fingerprint density at radius 2 is 1.74 bits per heavy atom. The molecule has 0 spiro atoms. The lowest BCUT2D eigenvalue weighted by molar-refractivity contribution is 0.0936. The molecule has 0 saturated carbocycles. The Balaban J connectivity index is 2.05. The summed E-state index contributed by atoms with van der Waals surface area (Å²) in [5.74, 6) is -0.441. The van der Waals surface area contributed by atoms with Gasteiger partial charge in [0, 0.05) is 34.9 Å². The Kier molecular flexibility index (Phi) is 6.31. The van der Waals surface area contributed by atoms with Crippen molar-refractivity contribution in [1.82, 2.24) is 5.32 Å². The summed E-state index contributed by atoms with van der Waals surface area (Å²) in [5, 5.41) is 5.52. The predicted octanol–water partition coefficient (Wildman–Crippen LogP) is 3.08. The van der Waals surface area contributed by atoms with Crippen LogP contribution in [-0.4, -0.2) is 32.1 Å². The van der Waals surface area contributed by atoms with Crippen LogP contribution in [-0.2, 0) is 4.74 Å². The molecule has 2 aromatic carbocycles. The van der Waals surface area contributed by atoms with Gasteiger partial charge in [-0.15, -0.1) is 0 Å². The largest absolute Gasteiger partial charge is 0.383 e. The molecule has 2 N–H and O–H groups in total. The van der Waals surface area contributed by atoms with E-state index in [9.17, 15) is 9.59 Å². The standard InChI is InChI=1S/C17H17BrN2O3/c1-23-9-8-19-16(21)13-5-3-7-15(11-13)20-17(22)12-4-2-6-14(18)10-12/h2-7,10-11H,8-9H2,1H3,(H,19,21)(H,20,22). The summed E-state index contributed by atoms with van der Waals surface area (Å²) in [6.45, 7) is 0.884. The number of halogens is 1. The highest BCUT2D eigenvalue weighted by Crippen LogP contribution is 2.15. The summed E-state index contributed by atoms with van der Waals surface area (Å²) in [7, 11) is 1.57. The number of amides is 2. The number of rotatable bonds is 6. The quantitative estimate of drug-likeness (QED) is 0.761. The van der Waals surface area contributed by atoms with Crippen LogP contribution in [0.1, 0.15) is 20.7 Å². The van der Waals surface area contributed by atoms with Crippen LogP contribution >= 0.6 is 15.9 Å². The fraction of sp³-hybridized carbons (Fsp3) is 0.176. The molecule has 0 saturated heterocycles. The van der Waals surface area contributed by atoms with Gasteiger partial charge in [0.25, 0.3) is 11.8 Å². The number of ether oxygens (including phenoxy) is 1. The molecule has 0 aliphatic rings. The second-order valence-electron chi connectivity index (χ2n) is 4.79. The van der Waals surface area contributed by atoms with Crippen LogP contribution in [0.25, 0.3) is 0 Å². The monoisotopic (exact) mass is 376 g/mol. The number of methoxy groups -OCH3 is 1. The molecule has 5 nitrogen and oxygen atoms in total. The summed E-state index contributed by atoms with van der Waals surface area (Å²) in [5.41, 5.74) is 1.58. The molecule has 2 amide bonds.